The first-order valence-electron chi connectivity index (χ1n) is 8.02. The summed E-state index contributed by atoms with van der Waals surface area (Å²) < 4.78 is 28.2. The Hall–Kier alpha value is -1.27. The van der Waals surface area contributed by atoms with Crippen molar-refractivity contribution in [1.82, 2.24) is 14.7 Å². The van der Waals surface area contributed by atoms with Gasteiger partial charge in [0.15, 0.2) is 0 Å². The standard InChI is InChI=1S/C15H20BrN5O3S2/c1-15(2,22)11-4-3-5-18-26(23,24)12-6-9(8-25-12)19-14-17-7-10(16)13(20-11)21-14/h6-8,11,18,22H,3-5H2,1-2H3,(H2,17,19,20,21). The number of nitrogens with zero attached hydrogens (tertiary/aromatic N) is 2. The highest BCUT2D eigenvalue weighted by Gasteiger charge is 2.28. The van der Waals surface area contributed by atoms with Gasteiger partial charge in [0.1, 0.15) is 10.0 Å². The molecule has 1 atom stereocenters. The summed E-state index contributed by atoms with van der Waals surface area (Å²) in [5.41, 5.74) is -0.423. The molecule has 0 aliphatic carbocycles. The first kappa shape index (κ1) is 19.5. The lowest BCUT2D eigenvalue weighted by Crippen LogP contribution is -2.42. The van der Waals surface area contributed by atoms with E-state index in [-0.39, 0.29) is 16.8 Å². The molecule has 3 heterocycles. The smallest absolute Gasteiger partial charge is 0.250 e. The molecule has 0 saturated heterocycles. The van der Waals surface area contributed by atoms with Crippen LogP contribution in [0.25, 0.3) is 0 Å². The van der Waals surface area contributed by atoms with Crippen LogP contribution in [0.1, 0.15) is 26.7 Å². The van der Waals surface area contributed by atoms with E-state index in [1.165, 1.54) is 0 Å². The minimum absolute atomic E-state index is 0.228. The van der Waals surface area contributed by atoms with Crippen molar-refractivity contribution in [2.24, 2.45) is 0 Å². The fourth-order valence-corrected chi connectivity index (χ4v) is 5.07. The van der Waals surface area contributed by atoms with Gasteiger partial charge >= 0.3 is 0 Å². The Morgan fingerprint density at radius 1 is 1.42 bits per heavy atom. The van der Waals surface area contributed by atoms with Gasteiger partial charge in [0.2, 0.25) is 16.0 Å². The minimum Gasteiger partial charge on any atom is -0.388 e. The second-order valence-electron chi connectivity index (χ2n) is 6.56. The number of anilines is 3. The van der Waals surface area contributed by atoms with Gasteiger partial charge in [0, 0.05) is 18.1 Å². The van der Waals surface area contributed by atoms with Crippen LogP contribution in [0.2, 0.25) is 0 Å². The van der Waals surface area contributed by atoms with Crippen molar-refractivity contribution in [3.05, 3.63) is 22.1 Å². The Kier molecular flexibility index (Phi) is 5.54. The zero-order valence-electron chi connectivity index (χ0n) is 14.3. The van der Waals surface area contributed by atoms with Gasteiger partial charge in [0.05, 0.1) is 21.8 Å². The molecule has 3 rings (SSSR count). The molecule has 2 aromatic rings. The van der Waals surface area contributed by atoms with Crippen molar-refractivity contribution < 1.29 is 13.5 Å². The number of hydrogen-bond acceptors (Lipinski definition) is 8. The molecule has 0 aromatic carbocycles. The van der Waals surface area contributed by atoms with Crippen molar-refractivity contribution in [1.29, 1.82) is 0 Å². The zero-order valence-corrected chi connectivity index (χ0v) is 17.5. The molecule has 1 unspecified atom stereocenters. The number of sulfonamides is 1. The number of fused-ring (bicyclic) bond motifs is 4. The van der Waals surface area contributed by atoms with Crippen molar-refractivity contribution in [2.45, 2.75) is 42.5 Å². The van der Waals surface area contributed by atoms with Gasteiger partial charge < -0.3 is 15.7 Å². The molecule has 142 valence electrons. The van der Waals surface area contributed by atoms with Crippen molar-refractivity contribution in [2.75, 3.05) is 17.2 Å². The fraction of sp³-hybridized carbons (Fsp3) is 0.467. The van der Waals surface area contributed by atoms with Crippen molar-refractivity contribution >= 4 is 54.7 Å². The molecule has 0 radical (unpaired) electrons. The summed E-state index contributed by atoms with van der Waals surface area (Å²) in [6, 6.07) is 1.23. The van der Waals surface area contributed by atoms with E-state index in [2.05, 4.69) is 41.3 Å². The molecule has 8 nitrogen and oxygen atoms in total. The van der Waals surface area contributed by atoms with Crippen LogP contribution in [0.15, 0.2) is 26.3 Å². The second-order valence-corrected chi connectivity index (χ2v) is 10.3. The number of halogens is 1. The van der Waals surface area contributed by atoms with E-state index in [9.17, 15) is 13.5 Å². The predicted molar refractivity (Wildman–Crippen MR) is 105 cm³/mol. The van der Waals surface area contributed by atoms with Crippen LogP contribution in [-0.2, 0) is 10.0 Å². The summed E-state index contributed by atoms with van der Waals surface area (Å²) in [5.74, 6) is 0.889. The van der Waals surface area contributed by atoms with Crippen LogP contribution in [0, 0.1) is 0 Å². The topological polar surface area (TPSA) is 116 Å². The zero-order chi connectivity index (χ0) is 18.9. The second kappa shape index (κ2) is 7.39. The van der Waals surface area contributed by atoms with Gasteiger partial charge in [-0.2, -0.15) is 4.98 Å². The normalized spacial score (nSPS) is 20.5. The van der Waals surface area contributed by atoms with E-state index in [4.69, 9.17) is 0 Å². The summed E-state index contributed by atoms with van der Waals surface area (Å²) in [6.45, 7) is 3.70. The molecule has 11 heteroatoms. The molecule has 1 aliphatic heterocycles. The van der Waals surface area contributed by atoms with E-state index in [0.29, 0.717) is 34.8 Å². The summed E-state index contributed by atoms with van der Waals surface area (Å²) >= 11 is 4.55. The van der Waals surface area contributed by atoms with E-state index >= 15 is 0 Å². The minimum atomic E-state index is -3.56. The average Bonchev–Trinajstić information content (AvgIpc) is 3.01. The number of nitrogens with one attached hydrogen (secondary N) is 3. The quantitative estimate of drug-likeness (QED) is 0.515. The molecule has 0 spiro atoms. The molecule has 0 saturated carbocycles. The van der Waals surface area contributed by atoms with E-state index in [1.54, 1.807) is 31.5 Å². The van der Waals surface area contributed by atoms with Crippen LogP contribution in [-0.4, -0.2) is 41.7 Å². The lowest BCUT2D eigenvalue weighted by Gasteiger charge is -2.31. The molecular weight excluding hydrogens is 442 g/mol. The summed E-state index contributed by atoms with van der Waals surface area (Å²) in [5, 5.41) is 18.4. The number of aliphatic hydroxyl groups is 1. The maximum Gasteiger partial charge on any atom is 0.250 e. The highest BCUT2D eigenvalue weighted by molar-refractivity contribution is 9.10. The Bertz CT molecular complexity index is 895. The molecule has 4 N–H and O–H groups in total. The molecule has 2 aromatic heterocycles. The molecule has 1 aliphatic rings. The van der Waals surface area contributed by atoms with Crippen LogP contribution < -0.4 is 15.4 Å². The van der Waals surface area contributed by atoms with Gasteiger partial charge in [-0.05, 0) is 48.7 Å². The van der Waals surface area contributed by atoms with Gasteiger partial charge in [-0.25, -0.2) is 18.1 Å². The third-order valence-corrected chi connectivity index (χ3v) is 7.45. The Labute approximate surface area is 164 Å². The van der Waals surface area contributed by atoms with Gasteiger partial charge in [0.25, 0.3) is 0 Å². The van der Waals surface area contributed by atoms with E-state index in [0.717, 1.165) is 11.3 Å². The SMILES string of the molecule is CC(C)(O)C1CCCNS(=O)(=O)c2cc(cs2)Nc2ncc(Br)c(n2)N1. The first-order valence-corrected chi connectivity index (χ1v) is 11.2. The van der Waals surface area contributed by atoms with Crippen LogP contribution in [0.3, 0.4) is 0 Å². The Morgan fingerprint density at radius 2 is 2.19 bits per heavy atom. The van der Waals surface area contributed by atoms with Crippen LogP contribution >= 0.6 is 27.3 Å². The largest absolute Gasteiger partial charge is 0.388 e. The number of aromatic nitrogens is 2. The lowest BCUT2D eigenvalue weighted by molar-refractivity contribution is 0.0557. The number of thiophene rings is 1. The Balaban J connectivity index is 1.99. The van der Waals surface area contributed by atoms with Crippen molar-refractivity contribution in [3.63, 3.8) is 0 Å². The number of hydrogen-bond donors (Lipinski definition) is 4. The van der Waals surface area contributed by atoms with Gasteiger partial charge in [-0.3, -0.25) is 0 Å². The highest BCUT2D eigenvalue weighted by Crippen LogP contribution is 2.29. The summed E-state index contributed by atoms with van der Waals surface area (Å²) in [7, 11) is -3.56. The first-order chi connectivity index (χ1) is 12.1. The molecule has 26 heavy (non-hydrogen) atoms. The molecule has 4 bridgehead atoms. The maximum atomic E-state index is 12.4. The van der Waals surface area contributed by atoms with E-state index < -0.39 is 15.6 Å². The highest BCUT2D eigenvalue weighted by atomic mass is 79.9. The number of rotatable bonds is 1. The van der Waals surface area contributed by atoms with Gasteiger partial charge in [-0.15, -0.1) is 11.3 Å². The van der Waals surface area contributed by atoms with Crippen LogP contribution in [0.5, 0.6) is 0 Å². The summed E-state index contributed by atoms with van der Waals surface area (Å²) in [4.78, 5) is 8.64. The predicted octanol–water partition coefficient (Wildman–Crippen LogP) is 2.67. The molecular formula is C15H20BrN5O3S2. The maximum absolute atomic E-state index is 12.4. The third-order valence-electron chi connectivity index (χ3n) is 3.97. The lowest BCUT2D eigenvalue weighted by atomic mass is 9.94. The van der Waals surface area contributed by atoms with Crippen molar-refractivity contribution in [3.8, 4) is 0 Å². The fourth-order valence-electron chi connectivity index (χ4n) is 2.53. The Morgan fingerprint density at radius 3 is 2.92 bits per heavy atom. The van der Waals surface area contributed by atoms with Gasteiger partial charge in [-0.1, -0.05) is 0 Å². The average molecular weight is 462 g/mol. The molecule has 0 amide bonds. The van der Waals surface area contributed by atoms with E-state index in [1.807, 2.05) is 0 Å². The van der Waals surface area contributed by atoms with Crippen LogP contribution in [0.4, 0.5) is 17.5 Å². The third kappa shape index (κ3) is 4.52. The summed E-state index contributed by atoms with van der Waals surface area (Å²) in [6.07, 6.45) is 2.73. The monoisotopic (exact) mass is 461 g/mol. The molecule has 0 fully saturated rings.